The Morgan fingerprint density at radius 2 is 1.77 bits per heavy atom. The fraction of sp³-hybridized carbons (Fsp3) is 0. The first kappa shape index (κ1) is 14.4. The first-order chi connectivity index (χ1) is 10.7. The molecule has 4 nitrogen and oxygen atoms in total. The molecule has 22 heavy (non-hydrogen) atoms. The number of nitrogens with zero attached hydrogens (tertiary/aromatic N) is 1. The van der Waals surface area contributed by atoms with Gasteiger partial charge in [0.25, 0.3) is 0 Å². The van der Waals surface area contributed by atoms with Gasteiger partial charge in [-0.05, 0) is 30.3 Å². The van der Waals surface area contributed by atoms with Gasteiger partial charge in [-0.3, -0.25) is 5.43 Å². The summed E-state index contributed by atoms with van der Waals surface area (Å²) in [4.78, 5) is 0. The van der Waals surface area contributed by atoms with Crippen LogP contribution in [0.3, 0.4) is 0 Å². The van der Waals surface area contributed by atoms with Gasteiger partial charge in [-0.1, -0.05) is 46.3 Å². The van der Waals surface area contributed by atoms with Crippen molar-refractivity contribution in [2.45, 2.75) is 0 Å². The third-order valence-corrected chi connectivity index (χ3v) is 3.62. The summed E-state index contributed by atoms with van der Waals surface area (Å²) in [6.07, 6.45) is 1.65. The number of hydrazone groups is 1. The zero-order valence-corrected chi connectivity index (χ0v) is 13.2. The number of nitrogens with one attached hydrogen (secondary N) is 1. The molecule has 0 saturated carbocycles. The second-order valence-corrected chi connectivity index (χ2v) is 5.59. The monoisotopic (exact) mass is 355 g/mol. The molecule has 0 saturated heterocycles. The smallest absolute Gasteiger partial charge is 0.199 e. The van der Waals surface area contributed by atoms with Gasteiger partial charge in [-0.15, -0.1) is 0 Å². The molecule has 0 amide bonds. The molecule has 3 N–H and O–H groups in total. The van der Waals surface area contributed by atoms with E-state index in [0.717, 1.165) is 21.3 Å². The Kier molecular flexibility index (Phi) is 4.25. The molecule has 0 spiro atoms. The number of anilines is 2. The van der Waals surface area contributed by atoms with E-state index in [1.54, 1.807) is 6.21 Å². The Hall–Kier alpha value is -2.53. The van der Waals surface area contributed by atoms with Gasteiger partial charge < -0.3 is 10.2 Å². The average Bonchev–Trinajstić information content (AvgIpc) is 2.90. The highest BCUT2D eigenvalue weighted by Gasteiger charge is 2.08. The van der Waals surface area contributed by atoms with Gasteiger partial charge in [-0.2, -0.15) is 5.10 Å². The zero-order chi connectivity index (χ0) is 15.4. The van der Waals surface area contributed by atoms with E-state index in [-0.39, 0.29) is 0 Å². The van der Waals surface area contributed by atoms with E-state index in [2.05, 4.69) is 26.5 Å². The van der Waals surface area contributed by atoms with Crippen LogP contribution >= 0.6 is 15.9 Å². The lowest BCUT2D eigenvalue weighted by Gasteiger charge is -1.97. The first-order valence-corrected chi connectivity index (χ1v) is 7.51. The molecule has 0 fully saturated rings. The minimum atomic E-state index is 0.344. The molecule has 0 aliphatic carbocycles. The van der Waals surface area contributed by atoms with E-state index in [4.69, 9.17) is 10.2 Å². The van der Waals surface area contributed by atoms with Crippen LogP contribution < -0.4 is 11.2 Å². The lowest BCUT2D eigenvalue weighted by Crippen LogP contribution is -1.92. The summed E-state index contributed by atoms with van der Waals surface area (Å²) in [5, 5.41) is 4.17. The van der Waals surface area contributed by atoms with Crippen molar-refractivity contribution >= 4 is 33.7 Å². The summed E-state index contributed by atoms with van der Waals surface area (Å²) in [5.41, 5.74) is 11.4. The van der Waals surface area contributed by atoms with Crippen molar-refractivity contribution in [3.8, 4) is 11.3 Å². The number of para-hydroxylation sites is 1. The average molecular weight is 356 g/mol. The van der Waals surface area contributed by atoms with Gasteiger partial charge in [-0.25, -0.2) is 0 Å². The summed E-state index contributed by atoms with van der Waals surface area (Å²) >= 11 is 3.41. The summed E-state index contributed by atoms with van der Waals surface area (Å²) in [5.74, 6) is 1.06. The van der Waals surface area contributed by atoms with Crippen LogP contribution in [0.25, 0.3) is 11.3 Å². The van der Waals surface area contributed by atoms with E-state index in [0.29, 0.717) is 11.6 Å². The molecule has 0 aliphatic rings. The molecular weight excluding hydrogens is 342 g/mol. The molecule has 3 rings (SSSR count). The zero-order valence-electron chi connectivity index (χ0n) is 11.7. The van der Waals surface area contributed by atoms with E-state index in [9.17, 15) is 0 Å². The van der Waals surface area contributed by atoms with Crippen LogP contribution in [0, 0.1) is 0 Å². The SMILES string of the molecule is Nc1oc(-c2ccc(Br)cc2)cc1/C=N/Nc1ccccc1. The molecular formula is C17H14BrN3O. The van der Waals surface area contributed by atoms with Crippen molar-refractivity contribution in [3.63, 3.8) is 0 Å². The topological polar surface area (TPSA) is 63.5 Å². The summed E-state index contributed by atoms with van der Waals surface area (Å²) in [7, 11) is 0. The lowest BCUT2D eigenvalue weighted by molar-refractivity contribution is 0.602. The summed E-state index contributed by atoms with van der Waals surface area (Å²) in [6, 6.07) is 19.4. The van der Waals surface area contributed by atoms with Gasteiger partial charge in [0.05, 0.1) is 17.5 Å². The minimum Gasteiger partial charge on any atom is -0.440 e. The van der Waals surface area contributed by atoms with Crippen molar-refractivity contribution < 1.29 is 4.42 Å². The Bertz CT molecular complexity index is 779. The molecule has 2 aromatic carbocycles. The van der Waals surface area contributed by atoms with Crippen LogP contribution in [0.1, 0.15) is 5.56 Å². The fourth-order valence-electron chi connectivity index (χ4n) is 1.97. The number of hydrogen-bond donors (Lipinski definition) is 2. The molecule has 0 radical (unpaired) electrons. The number of rotatable bonds is 4. The molecule has 110 valence electrons. The lowest BCUT2D eigenvalue weighted by atomic mass is 10.1. The van der Waals surface area contributed by atoms with E-state index >= 15 is 0 Å². The van der Waals surface area contributed by atoms with E-state index < -0.39 is 0 Å². The molecule has 0 atom stereocenters. The molecule has 0 unspecified atom stereocenters. The number of nitrogen functional groups attached to an aromatic ring is 1. The Morgan fingerprint density at radius 3 is 2.50 bits per heavy atom. The van der Waals surface area contributed by atoms with E-state index in [1.165, 1.54) is 0 Å². The van der Waals surface area contributed by atoms with Crippen molar-refractivity contribution in [2.75, 3.05) is 11.2 Å². The largest absolute Gasteiger partial charge is 0.440 e. The van der Waals surface area contributed by atoms with Gasteiger partial charge in [0.15, 0.2) is 5.88 Å². The number of nitrogens with two attached hydrogens (primary N) is 1. The Morgan fingerprint density at radius 1 is 1.05 bits per heavy atom. The number of benzene rings is 2. The molecule has 1 heterocycles. The third-order valence-electron chi connectivity index (χ3n) is 3.09. The van der Waals surface area contributed by atoms with Gasteiger partial charge >= 0.3 is 0 Å². The normalized spacial score (nSPS) is 11.0. The highest BCUT2D eigenvalue weighted by molar-refractivity contribution is 9.10. The molecule has 1 aromatic heterocycles. The number of halogens is 1. The maximum atomic E-state index is 5.89. The van der Waals surface area contributed by atoms with E-state index in [1.807, 2.05) is 60.7 Å². The van der Waals surface area contributed by atoms with Crippen molar-refractivity contribution in [1.29, 1.82) is 0 Å². The Balaban J connectivity index is 1.76. The van der Waals surface area contributed by atoms with Crippen LogP contribution in [0.4, 0.5) is 11.6 Å². The van der Waals surface area contributed by atoms with Crippen LogP contribution in [-0.4, -0.2) is 6.21 Å². The van der Waals surface area contributed by atoms with Crippen LogP contribution in [0.15, 0.2) is 74.7 Å². The van der Waals surface area contributed by atoms with Gasteiger partial charge in [0, 0.05) is 10.0 Å². The maximum Gasteiger partial charge on any atom is 0.199 e. The maximum absolute atomic E-state index is 5.89. The van der Waals surface area contributed by atoms with Gasteiger partial charge in [0.2, 0.25) is 0 Å². The summed E-state index contributed by atoms with van der Waals surface area (Å²) in [6.45, 7) is 0. The number of furan rings is 1. The van der Waals surface area contributed by atoms with Crippen LogP contribution in [0.2, 0.25) is 0 Å². The van der Waals surface area contributed by atoms with Crippen molar-refractivity contribution in [2.24, 2.45) is 5.10 Å². The second-order valence-electron chi connectivity index (χ2n) is 4.67. The Labute approximate surface area is 136 Å². The molecule has 0 aliphatic heterocycles. The predicted octanol–water partition coefficient (Wildman–Crippen LogP) is 4.74. The van der Waals surface area contributed by atoms with Crippen molar-refractivity contribution in [1.82, 2.24) is 0 Å². The van der Waals surface area contributed by atoms with Gasteiger partial charge in [0.1, 0.15) is 5.76 Å². The third kappa shape index (κ3) is 3.38. The quantitative estimate of drug-likeness (QED) is 0.524. The summed E-state index contributed by atoms with van der Waals surface area (Å²) < 4.78 is 6.60. The first-order valence-electron chi connectivity index (χ1n) is 6.72. The van der Waals surface area contributed by atoms with Crippen LogP contribution in [-0.2, 0) is 0 Å². The minimum absolute atomic E-state index is 0.344. The highest BCUT2D eigenvalue weighted by Crippen LogP contribution is 2.27. The second kappa shape index (κ2) is 6.49. The molecule has 5 heteroatoms. The van der Waals surface area contributed by atoms with Crippen LogP contribution in [0.5, 0.6) is 0 Å². The fourth-order valence-corrected chi connectivity index (χ4v) is 2.23. The van der Waals surface area contributed by atoms with Crippen molar-refractivity contribution in [3.05, 3.63) is 70.7 Å². The highest BCUT2D eigenvalue weighted by atomic mass is 79.9. The number of hydrogen-bond acceptors (Lipinski definition) is 4. The standard InChI is InChI=1S/C17H14BrN3O/c18-14-8-6-12(7-9-14)16-10-13(17(19)22-16)11-20-21-15-4-2-1-3-5-15/h1-11,21H,19H2/b20-11+. The molecule has 0 bridgehead atoms. The molecule has 3 aromatic rings. The predicted molar refractivity (Wildman–Crippen MR) is 93.9 cm³/mol.